The molecule has 0 saturated carbocycles. The standard InChI is InChI=1S/C15H21NO4S/c17-15(18)13-5-7-14(8-6-13)21(19,20)12-11-16-9-3-1-2-4-10-16/h5-8H,1-4,9-12H2,(H,17,18). The van der Waals surface area contributed by atoms with E-state index in [4.69, 9.17) is 5.11 Å². The van der Waals surface area contributed by atoms with E-state index in [1.807, 2.05) is 0 Å². The van der Waals surface area contributed by atoms with Gasteiger partial charge in [-0.3, -0.25) is 0 Å². The number of carboxylic acids is 1. The smallest absolute Gasteiger partial charge is 0.335 e. The number of aromatic carboxylic acids is 1. The molecule has 1 N–H and O–H groups in total. The highest BCUT2D eigenvalue weighted by atomic mass is 32.2. The maximum atomic E-state index is 12.3. The third-order valence-electron chi connectivity index (χ3n) is 3.84. The first-order chi connectivity index (χ1) is 9.99. The van der Waals surface area contributed by atoms with Gasteiger partial charge in [0.25, 0.3) is 0 Å². The van der Waals surface area contributed by atoms with Gasteiger partial charge in [-0.2, -0.15) is 0 Å². The molecule has 5 nitrogen and oxygen atoms in total. The summed E-state index contributed by atoms with van der Waals surface area (Å²) in [5.41, 5.74) is 0.0986. The Hall–Kier alpha value is -1.40. The van der Waals surface area contributed by atoms with Crippen LogP contribution in [0.25, 0.3) is 0 Å². The van der Waals surface area contributed by atoms with Crippen molar-refractivity contribution in [2.45, 2.75) is 30.6 Å². The van der Waals surface area contributed by atoms with Gasteiger partial charge in [0.1, 0.15) is 0 Å². The summed E-state index contributed by atoms with van der Waals surface area (Å²) in [6.45, 7) is 2.48. The minimum Gasteiger partial charge on any atom is -0.478 e. The number of nitrogens with zero attached hydrogens (tertiary/aromatic N) is 1. The van der Waals surface area contributed by atoms with E-state index in [9.17, 15) is 13.2 Å². The zero-order valence-corrected chi connectivity index (χ0v) is 12.8. The van der Waals surface area contributed by atoms with Crippen LogP contribution in [0.2, 0.25) is 0 Å². The maximum absolute atomic E-state index is 12.3. The minimum absolute atomic E-state index is 0.0828. The Balaban J connectivity index is 1.98. The van der Waals surface area contributed by atoms with Crippen LogP contribution in [0, 0.1) is 0 Å². The molecule has 0 unspecified atom stereocenters. The lowest BCUT2D eigenvalue weighted by molar-refractivity contribution is 0.0696. The van der Waals surface area contributed by atoms with E-state index in [0.717, 1.165) is 25.9 Å². The molecule has 6 heteroatoms. The number of carboxylic acid groups (broad SMARTS) is 1. The summed E-state index contributed by atoms with van der Waals surface area (Å²) in [5.74, 6) is -0.970. The van der Waals surface area contributed by atoms with Crippen LogP contribution in [0.15, 0.2) is 29.2 Å². The zero-order chi connectivity index (χ0) is 15.3. The highest BCUT2D eigenvalue weighted by Crippen LogP contribution is 2.14. The van der Waals surface area contributed by atoms with Crippen molar-refractivity contribution in [1.29, 1.82) is 0 Å². The Morgan fingerprint density at radius 2 is 1.62 bits per heavy atom. The van der Waals surface area contributed by atoms with Gasteiger partial charge in [-0.1, -0.05) is 12.8 Å². The maximum Gasteiger partial charge on any atom is 0.335 e. The van der Waals surface area contributed by atoms with Crippen molar-refractivity contribution in [3.05, 3.63) is 29.8 Å². The second-order valence-corrected chi connectivity index (χ2v) is 7.51. The lowest BCUT2D eigenvalue weighted by Crippen LogP contribution is -2.30. The quantitative estimate of drug-likeness (QED) is 0.900. The molecule has 0 spiro atoms. The van der Waals surface area contributed by atoms with E-state index in [-0.39, 0.29) is 16.2 Å². The van der Waals surface area contributed by atoms with Crippen molar-refractivity contribution < 1.29 is 18.3 Å². The van der Waals surface area contributed by atoms with E-state index >= 15 is 0 Å². The largest absolute Gasteiger partial charge is 0.478 e. The molecule has 0 radical (unpaired) electrons. The summed E-state index contributed by atoms with van der Waals surface area (Å²) in [5, 5.41) is 8.82. The Morgan fingerprint density at radius 3 is 2.14 bits per heavy atom. The fourth-order valence-corrected chi connectivity index (χ4v) is 3.82. The van der Waals surface area contributed by atoms with Crippen molar-refractivity contribution in [1.82, 2.24) is 4.90 Å². The molecule has 2 rings (SSSR count). The fraction of sp³-hybridized carbons (Fsp3) is 0.533. The van der Waals surface area contributed by atoms with Crippen molar-refractivity contribution >= 4 is 15.8 Å². The summed E-state index contributed by atoms with van der Waals surface area (Å²) in [7, 11) is -3.35. The lowest BCUT2D eigenvalue weighted by Gasteiger charge is -2.19. The van der Waals surface area contributed by atoms with Crippen LogP contribution in [0.5, 0.6) is 0 Å². The van der Waals surface area contributed by atoms with Crippen LogP contribution in [0.3, 0.4) is 0 Å². The SMILES string of the molecule is O=C(O)c1ccc(S(=O)(=O)CCN2CCCCCC2)cc1. The van der Waals surface area contributed by atoms with Crippen molar-refractivity contribution in [3.8, 4) is 0 Å². The molecular weight excluding hydrogens is 290 g/mol. The van der Waals surface area contributed by atoms with Crippen LogP contribution >= 0.6 is 0 Å². The molecule has 0 aromatic heterocycles. The number of sulfone groups is 1. The fourth-order valence-electron chi connectivity index (χ4n) is 2.53. The molecule has 1 aliphatic heterocycles. The summed E-state index contributed by atoms with van der Waals surface area (Å²) in [4.78, 5) is 13.2. The average Bonchev–Trinajstić information content (AvgIpc) is 2.74. The number of hydrogen-bond donors (Lipinski definition) is 1. The summed E-state index contributed by atoms with van der Waals surface area (Å²) >= 11 is 0. The number of benzene rings is 1. The molecule has 0 aliphatic carbocycles. The molecular formula is C15H21NO4S. The molecule has 1 heterocycles. The van der Waals surface area contributed by atoms with Gasteiger partial charge < -0.3 is 10.0 Å². The average molecular weight is 311 g/mol. The van der Waals surface area contributed by atoms with Crippen LogP contribution < -0.4 is 0 Å². The lowest BCUT2D eigenvalue weighted by atomic mass is 10.2. The highest BCUT2D eigenvalue weighted by molar-refractivity contribution is 7.91. The molecule has 1 aromatic rings. The van der Waals surface area contributed by atoms with Gasteiger partial charge in [-0.25, -0.2) is 13.2 Å². The molecule has 1 aromatic carbocycles. The molecule has 116 valence electrons. The van der Waals surface area contributed by atoms with Gasteiger partial charge in [0.2, 0.25) is 0 Å². The van der Waals surface area contributed by atoms with E-state index in [0.29, 0.717) is 6.54 Å². The van der Waals surface area contributed by atoms with Gasteiger partial charge in [0.05, 0.1) is 16.2 Å². The van der Waals surface area contributed by atoms with Crippen molar-refractivity contribution in [3.63, 3.8) is 0 Å². The zero-order valence-electron chi connectivity index (χ0n) is 12.0. The normalized spacial score (nSPS) is 17.3. The predicted molar refractivity (Wildman–Crippen MR) is 80.4 cm³/mol. The number of carbonyl (C=O) groups is 1. The molecule has 1 saturated heterocycles. The minimum atomic E-state index is -3.35. The molecule has 0 atom stereocenters. The first-order valence-corrected chi connectivity index (χ1v) is 8.93. The van der Waals surface area contributed by atoms with Gasteiger partial charge in [-0.15, -0.1) is 0 Å². The van der Waals surface area contributed by atoms with Crippen LogP contribution in [0.1, 0.15) is 36.0 Å². The van der Waals surface area contributed by atoms with Gasteiger partial charge in [0, 0.05) is 6.54 Å². The van der Waals surface area contributed by atoms with Crippen molar-refractivity contribution in [2.24, 2.45) is 0 Å². The highest BCUT2D eigenvalue weighted by Gasteiger charge is 2.18. The van der Waals surface area contributed by atoms with E-state index in [1.165, 1.54) is 37.1 Å². The van der Waals surface area contributed by atoms with Crippen LogP contribution in [0.4, 0.5) is 0 Å². The third kappa shape index (κ3) is 4.54. The second-order valence-electron chi connectivity index (χ2n) is 5.40. The Morgan fingerprint density at radius 1 is 1.05 bits per heavy atom. The Labute approximate surface area is 125 Å². The van der Waals surface area contributed by atoms with E-state index in [2.05, 4.69) is 4.90 Å². The topological polar surface area (TPSA) is 74.7 Å². The Bertz CT molecular complexity index is 572. The van der Waals surface area contributed by atoms with Gasteiger partial charge >= 0.3 is 5.97 Å². The molecule has 0 bridgehead atoms. The van der Waals surface area contributed by atoms with E-state index in [1.54, 1.807) is 0 Å². The summed E-state index contributed by atoms with van der Waals surface area (Å²) in [6, 6.07) is 5.42. The molecule has 21 heavy (non-hydrogen) atoms. The summed E-state index contributed by atoms with van der Waals surface area (Å²) in [6.07, 6.45) is 4.71. The first kappa shape index (κ1) is 16.0. The first-order valence-electron chi connectivity index (χ1n) is 7.27. The number of likely N-dealkylation sites (tertiary alicyclic amines) is 1. The van der Waals surface area contributed by atoms with Gasteiger partial charge in [-0.05, 0) is 50.2 Å². The second kappa shape index (κ2) is 7.04. The predicted octanol–water partition coefficient (Wildman–Crippen LogP) is 2.03. The van der Waals surface area contributed by atoms with E-state index < -0.39 is 15.8 Å². The molecule has 1 aliphatic rings. The van der Waals surface area contributed by atoms with Crippen LogP contribution in [-0.4, -0.2) is 49.8 Å². The number of hydrogen-bond acceptors (Lipinski definition) is 4. The number of rotatable bonds is 5. The summed E-state index contributed by atoms with van der Waals surface area (Å²) < 4.78 is 24.5. The monoisotopic (exact) mass is 311 g/mol. The molecule has 0 amide bonds. The third-order valence-corrected chi connectivity index (χ3v) is 5.55. The Kier molecular flexibility index (Phi) is 5.36. The molecule has 1 fully saturated rings. The van der Waals surface area contributed by atoms with Gasteiger partial charge in [0.15, 0.2) is 9.84 Å². The van der Waals surface area contributed by atoms with Crippen molar-refractivity contribution in [2.75, 3.05) is 25.4 Å². The van der Waals surface area contributed by atoms with Crippen LogP contribution in [-0.2, 0) is 9.84 Å².